The number of anilines is 3. The Morgan fingerprint density at radius 3 is 1.19 bits per heavy atom. The standard InChI is InChI=1S/C8H6F6N4O6S2/c9-7(10,11)25(21,22)5-1(15)4(18(19)20)2(16)6(3(5)17)26(23,24)8(12,13)14/h15-17H2. The van der Waals surface area contributed by atoms with Crippen LogP contribution in [-0.2, 0) is 19.7 Å². The minimum atomic E-state index is -6.68. The Bertz CT molecular complexity index is 927. The summed E-state index contributed by atoms with van der Waals surface area (Å²) in [6.45, 7) is 0. The van der Waals surface area contributed by atoms with Gasteiger partial charge in [0.1, 0.15) is 21.2 Å². The van der Waals surface area contributed by atoms with E-state index in [4.69, 9.17) is 17.2 Å². The minimum absolute atomic E-state index is 1.76. The largest absolute Gasteiger partial charge is 0.502 e. The average molecular weight is 432 g/mol. The van der Waals surface area contributed by atoms with Crippen LogP contribution >= 0.6 is 0 Å². The molecule has 0 spiro atoms. The van der Waals surface area contributed by atoms with Crippen molar-refractivity contribution in [2.75, 3.05) is 17.2 Å². The highest BCUT2D eigenvalue weighted by atomic mass is 32.2. The summed E-state index contributed by atoms with van der Waals surface area (Å²) in [5, 5.41) is 10.9. The minimum Gasteiger partial charge on any atom is -0.396 e. The van der Waals surface area contributed by atoms with Crippen molar-refractivity contribution in [1.82, 2.24) is 0 Å². The molecular formula is C8H6F6N4O6S2. The van der Waals surface area contributed by atoms with Gasteiger partial charge in [0, 0.05) is 0 Å². The Morgan fingerprint density at radius 2 is 1.00 bits per heavy atom. The van der Waals surface area contributed by atoms with Crippen LogP contribution in [0.3, 0.4) is 0 Å². The summed E-state index contributed by atoms with van der Waals surface area (Å²) in [5.41, 5.74) is -5.59. The molecule has 18 heteroatoms. The van der Waals surface area contributed by atoms with Crippen LogP contribution in [0.4, 0.5) is 49.1 Å². The highest BCUT2D eigenvalue weighted by molar-refractivity contribution is 7.93. The van der Waals surface area contributed by atoms with E-state index >= 15 is 0 Å². The summed E-state index contributed by atoms with van der Waals surface area (Å²) < 4.78 is 122. The van der Waals surface area contributed by atoms with Gasteiger partial charge in [-0.3, -0.25) is 10.1 Å². The van der Waals surface area contributed by atoms with E-state index in [1.165, 1.54) is 0 Å². The molecule has 10 nitrogen and oxygen atoms in total. The smallest absolute Gasteiger partial charge is 0.396 e. The monoisotopic (exact) mass is 432 g/mol. The Morgan fingerprint density at radius 1 is 0.731 bits per heavy atom. The number of rotatable bonds is 3. The lowest BCUT2D eigenvalue weighted by Crippen LogP contribution is -2.29. The van der Waals surface area contributed by atoms with E-state index in [0.29, 0.717) is 0 Å². The van der Waals surface area contributed by atoms with Gasteiger partial charge in [0.05, 0.1) is 10.6 Å². The van der Waals surface area contributed by atoms with E-state index in [1.807, 2.05) is 0 Å². The summed E-state index contributed by atoms with van der Waals surface area (Å²) in [4.78, 5) is 4.26. The van der Waals surface area contributed by atoms with Crippen molar-refractivity contribution in [3.8, 4) is 0 Å². The molecule has 0 aromatic heterocycles. The molecule has 1 aromatic rings. The summed E-state index contributed by atoms with van der Waals surface area (Å²) in [7, 11) is -13.4. The predicted octanol–water partition coefficient (Wildman–Crippen LogP) is 0.928. The maximum atomic E-state index is 12.7. The lowest BCUT2D eigenvalue weighted by atomic mass is 10.2. The van der Waals surface area contributed by atoms with Crippen LogP contribution < -0.4 is 17.2 Å². The fourth-order valence-electron chi connectivity index (χ4n) is 1.76. The third-order valence-corrected chi connectivity index (χ3v) is 5.99. The van der Waals surface area contributed by atoms with Gasteiger partial charge in [-0.1, -0.05) is 0 Å². The predicted molar refractivity (Wildman–Crippen MR) is 72.8 cm³/mol. The third kappa shape index (κ3) is 2.93. The summed E-state index contributed by atoms with van der Waals surface area (Å²) in [5.74, 6) is 0. The first-order valence-corrected chi connectivity index (χ1v) is 8.54. The van der Waals surface area contributed by atoms with Crippen molar-refractivity contribution >= 4 is 42.4 Å². The van der Waals surface area contributed by atoms with Crippen molar-refractivity contribution in [3.05, 3.63) is 10.1 Å². The molecule has 0 aliphatic heterocycles. The molecule has 0 atom stereocenters. The number of hydrogen-bond donors (Lipinski definition) is 3. The second kappa shape index (κ2) is 5.76. The van der Waals surface area contributed by atoms with Gasteiger partial charge in [0.25, 0.3) is 19.7 Å². The first-order chi connectivity index (χ1) is 11.3. The Hall–Kier alpha value is -2.50. The Balaban J connectivity index is 4.35. The van der Waals surface area contributed by atoms with Gasteiger partial charge < -0.3 is 17.2 Å². The molecular weight excluding hydrogens is 426 g/mol. The number of halogens is 6. The third-order valence-electron chi connectivity index (χ3n) is 2.82. The highest BCUT2D eigenvalue weighted by Crippen LogP contribution is 2.49. The van der Waals surface area contributed by atoms with Crippen molar-refractivity contribution in [2.24, 2.45) is 0 Å². The van der Waals surface area contributed by atoms with Gasteiger partial charge in [-0.15, -0.1) is 0 Å². The number of alkyl halides is 6. The lowest BCUT2D eigenvalue weighted by Gasteiger charge is -2.18. The first kappa shape index (κ1) is 21.5. The lowest BCUT2D eigenvalue weighted by molar-refractivity contribution is -0.383. The van der Waals surface area contributed by atoms with Crippen LogP contribution in [0.2, 0.25) is 0 Å². The van der Waals surface area contributed by atoms with Crippen molar-refractivity contribution < 1.29 is 48.1 Å². The van der Waals surface area contributed by atoms with Gasteiger partial charge in [-0.25, -0.2) is 16.8 Å². The molecule has 0 bridgehead atoms. The molecule has 0 saturated heterocycles. The normalized spacial score (nSPS) is 13.6. The number of sulfone groups is 2. The van der Waals surface area contributed by atoms with E-state index in [9.17, 15) is 53.3 Å². The van der Waals surface area contributed by atoms with Gasteiger partial charge in [-0.2, -0.15) is 26.3 Å². The molecule has 0 amide bonds. The van der Waals surface area contributed by atoms with Crippen molar-refractivity contribution in [3.63, 3.8) is 0 Å². The fourth-order valence-corrected chi connectivity index (χ4v) is 3.84. The van der Waals surface area contributed by atoms with Gasteiger partial charge in [0.15, 0.2) is 0 Å². The maximum absolute atomic E-state index is 12.7. The molecule has 0 aliphatic carbocycles. The van der Waals surface area contributed by atoms with E-state index in [1.54, 1.807) is 0 Å². The van der Waals surface area contributed by atoms with Gasteiger partial charge in [0.2, 0.25) is 0 Å². The highest BCUT2D eigenvalue weighted by Gasteiger charge is 2.55. The van der Waals surface area contributed by atoms with Crippen LogP contribution in [0.5, 0.6) is 0 Å². The topological polar surface area (TPSA) is 189 Å². The maximum Gasteiger partial charge on any atom is 0.502 e. The van der Waals surface area contributed by atoms with Crippen LogP contribution in [0, 0.1) is 10.1 Å². The van der Waals surface area contributed by atoms with Crippen molar-refractivity contribution in [2.45, 2.75) is 20.8 Å². The summed E-state index contributed by atoms with van der Waals surface area (Å²) >= 11 is 0. The zero-order valence-electron chi connectivity index (χ0n) is 11.7. The Kier molecular flexibility index (Phi) is 4.77. The van der Waals surface area contributed by atoms with E-state index in [0.717, 1.165) is 0 Å². The van der Waals surface area contributed by atoms with Crippen molar-refractivity contribution in [1.29, 1.82) is 0 Å². The molecule has 1 aromatic carbocycles. The molecule has 0 fully saturated rings. The van der Waals surface area contributed by atoms with Crippen LogP contribution in [-0.4, -0.2) is 32.8 Å². The molecule has 0 radical (unpaired) electrons. The molecule has 0 unspecified atom stereocenters. The molecule has 0 saturated carbocycles. The van der Waals surface area contributed by atoms with E-state index < -0.39 is 68.2 Å². The molecule has 6 N–H and O–H groups in total. The zero-order valence-corrected chi connectivity index (χ0v) is 13.3. The molecule has 148 valence electrons. The fraction of sp³-hybridized carbons (Fsp3) is 0.250. The second-order valence-electron chi connectivity index (χ2n) is 4.40. The van der Waals surface area contributed by atoms with Crippen LogP contribution in [0.15, 0.2) is 9.79 Å². The number of nitrogen functional groups attached to an aromatic ring is 3. The number of nitrogens with two attached hydrogens (primary N) is 3. The van der Waals surface area contributed by atoms with Crippen LogP contribution in [0.1, 0.15) is 0 Å². The average Bonchev–Trinajstić information content (AvgIpc) is 2.33. The molecule has 0 aliphatic rings. The van der Waals surface area contributed by atoms with Gasteiger partial charge in [-0.05, 0) is 0 Å². The van der Waals surface area contributed by atoms with E-state index in [2.05, 4.69) is 0 Å². The number of benzene rings is 1. The zero-order chi connectivity index (χ0) is 21.0. The SMILES string of the molecule is Nc1c([N+](=O)[O-])c(N)c(S(=O)(=O)C(F)(F)F)c(N)c1S(=O)(=O)C(F)(F)F. The number of nitrogens with zero attached hydrogens (tertiary/aromatic N) is 1. The number of nitro groups is 1. The summed E-state index contributed by atoms with van der Waals surface area (Å²) in [6, 6.07) is 0. The van der Waals surface area contributed by atoms with Gasteiger partial charge >= 0.3 is 16.7 Å². The summed E-state index contributed by atoms with van der Waals surface area (Å²) in [6.07, 6.45) is 0. The first-order valence-electron chi connectivity index (χ1n) is 5.57. The molecule has 1 rings (SSSR count). The molecule has 0 heterocycles. The quantitative estimate of drug-likeness (QED) is 0.270. The number of hydrogen-bond acceptors (Lipinski definition) is 9. The van der Waals surface area contributed by atoms with Crippen LogP contribution in [0.25, 0.3) is 0 Å². The molecule has 26 heavy (non-hydrogen) atoms. The second-order valence-corrected chi connectivity index (χ2v) is 8.16. The van der Waals surface area contributed by atoms with E-state index in [-0.39, 0.29) is 0 Å². The Labute approximate surface area is 139 Å². The number of nitro benzene ring substituents is 1.